The second-order valence-electron chi connectivity index (χ2n) is 8.19. The molecule has 10 heteroatoms. The van der Waals surface area contributed by atoms with Crippen molar-refractivity contribution in [1.82, 2.24) is 19.8 Å². The zero-order chi connectivity index (χ0) is 24.0. The number of piperazine rings is 1. The van der Waals surface area contributed by atoms with E-state index in [-0.39, 0.29) is 24.4 Å². The molecule has 0 unspecified atom stereocenters. The van der Waals surface area contributed by atoms with Crippen LogP contribution in [0.15, 0.2) is 66.1 Å². The van der Waals surface area contributed by atoms with Gasteiger partial charge in [-0.15, -0.1) is 0 Å². The lowest BCUT2D eigenvalue weighted by Crippen LogP contribution is -2.48. The number of carbonyl (C=O) groups excluding carboxylic acids is 2. The molecule has 2 aliphatic rings. The number of nitrogens with zero attached hydrogens (tertiary/aromatic N) is 4. The van der Waals surface area contributed by atoms with Gasteiger partial charge in [0.2, 0.25) is 12.7 Å². The molecule has 4 heterocycles. The molecule has 0 radical (unpaired) electrons. The molecule has 2 aliphatic heterocycles. The third-order valence-electron chi connectivity index (χ3n) is 5.79. The standard InChI is InChI=1S/C25H25N5O4S/c31-23(28-19-5-6-21-22(13-19)34-17-33-21)16-35-24-20(4-2-8-27-24)25(32)30-11-9-29(10-12-30)15-18-3-1-7-26-14-18/h1-8,13-14H,9-12,15-17H2,(H,28,31). The molecule has 2 amide bonds. The van der Waals surface area contributed by atoms with Crippen LogP contribution in [-0.4, -0.2) is 70.3 Å². The van der Waals surface area contributed by atoms with Gasteiger partial charge in [0.1, 0.15) is 5.03 Å². The van der Waals surface area contributed by atoms with Crippen molar-refractivity contribution in [3.05, 3.63) is 72.2 Å². The summed E-state index contributed by atoms with van der Waals surface area (Å²) in [6.07, 6.45) is 5.28. The predicted octanol–water partition coefficient (Wildman–Crippen LogP) is 2.89. The first-order valence-corrected chi connectivity index (χ1v) is 12.3. The minimum absolute atomic E-state index is 0.0576. The van der Waals surface area contributed by atoms with E-state index in [1.165, 1.54) is 11.8 Å². The van der Waals surface area contributed by atoms with Crippen molar-refractivity contribution in [2.24, 2.45) is 0 Å². The van der Waals surface area contributed by atoms with E-state index in [1.807, 2.05) is 17.2 Å². The van der Waals surface area contributed by atoms with E-state index in [2.05, 4.69) is 26.3 Å². The quantitative estimate of drug-likeness (QED) is 0.504. The number of anilines is 1. The molecule has 1 aromatic carbocycles. The summed E-state index contributed by atoms with van der Waals surface area (Å²) >= 11 is 1.25. The SMILES string of the molecule is O=C(CSc1ncccc1C(=O)N1CCN(Cc2cccnc2)CC1)Nc1ccc2c(c1)OCO2. The number of aromatic nitrogens is 2. The number of thioether (sulfide) groups is 1. The van der Waals surface area contributed by atoms with E-state index in [0.29, 0.717) is 40.9 Å². The number of hydrogen-bond acceptors (Lipinski definition) is 8. The van der Waals surface area contributed by atoms with Crippen LogP contribution >= 0.6 is 11.8 Å². The molecular formula is C25H25N5O4S. The number of nitrogens with one attached hydrogen (secondary N) is 1. The highest BCUT2D eigenvalue weighted by Crippen LogP contribution is 2.34. The van der Waals surface area contributed by atoms with Gasteiger partial charge >= 0.3 is 0 Å². The Labute approximate surface area is 207 Å². The summed E-state index contributed by atoms with van der Waals surface area (Å²) in [5, 5.41) is 3.40. The van der Waals surface area contributed by atoms with E-state index in [0.717, 1.165) is 25.2 Å². The van der Waals surface area contributed by atoms with Gasteiger partial charge in [0.25, 0.3) is 5.91 Å². The molecule has 1 saturated heterocycles. The zero-order valence-electron chi connectivity index (χ0n) is 19.1. The molecule has 2 aromatic heterocycles. The Morgan fingerprint density at radius 1 is 1.00 bits per heavy atom. The number of rotatable bonds is 7. The Morgan fingerprint density at radius 2 is 1.83 bits per heavy atom. The summed E-state index contributed by atoms with van der Waals surface area (Å²) in [6, 6.07) is 12.8. The first-order valence-electron chi connectivity index (χ1n) is 11.3. The largest absolute Gasteiger partial charge is 0.454 e. The number of fused-ring (bicyclic) bond motifs is 1. The molecule has 5 rings (SSSR count). The normalized spacial score (nSPS) is 15.1. The van der Waals surface area contributed by atoms with Crippen molar-refractivity contribution < 1.29 is 19.1 Å². The summed E-state index contributed by atoms with van der Waals surface area (Å²) in [5.74, 6) is 1.14. The van der Waals surface area contributed by atoms with E-state index < -0.39 is 0 Å². The lowest BCUT2D eigenvalue weighted by Gasteiger charge is -2.34. The van der Waals surface area contributed by atoms with Gasteiger partial charge in [-0.1, -0.05) is 17.8 Å². The number of hydrogen-bond donors (Lipinski definition) is 1. The van der Waals surface area contributed by atoms with Crippen LogP contribution in [0.25, 0.3) is 0 Å². The van der Waals surface area contributed by atoms with Crippen molar-refractivity contribution in [3.63, 3.8) is 0 Å². The summed E-state index contributed by atoms with van der Waals surface area (Å²) in [6.45, 7) is 3.87. The van der Waals surface area contributed by atoms with E-state index >= 15 is 0 Å². The number of carbonyl (C=O) groups is 2. The van der Waals surface area contributed by atoms with Crippen molar-refractivity contribution in [1.29, 1.82) is 0 Å². The summed E-state index contributed by atoms with van der Waals surface area (Å²) in [4.78, 5) is 38.5. The molecule has 180 valence electrons. The van der Waals surface area contributed by atoms with Crippen molar-refractivity contribution >= 4 is 29.3 Å². The highest BCUT2D eigenvalue weighted by Gasteiger charge is 2.25. The predicted molar refractivity (Wildman–Crippen MR) is 132 cm³/mol. The van der Waals surface area contributed by atoms with Gasteiger partial charge in [-0.2, -0.15) is 0 Å². The van der Waals surface area contributed by atoms with Crippen LogP contribution < -0.4 is 14.8 Å². The van der Waals surface area contributed by atoms with Crippen LogP contribution in [-0.2, 0) is 11.3 Å². The van der Waals surface area contributed by atoms with Gasteiger partial charge in [-0.25, -0.2) is 4.98 Å². The zero-order valence-corrected chi connectivity index (χ0v) is 19.9. The number of benzene rings is 1. The Bertz CT molecular complexity index is 1200. The first kappa shape index (κ1) is 23.1. The molecule has 0 atom stereocenters. The van der Waals surface area contributed by atoms with Crippen LogP contribution in [0.1, 0.15) is 15.9 Å². The Morgan fingerprint density at radius 3 is 2.66 bits per heavy atom. The van der Waals surface area contributed by atoms with Crippen molar-refractivity contribution in [2.75, 3.05) is 44.0 Å². The fourth-order valence-corrected chi connectivity index (χ4v) is 4.79. The average molecular weight is 492 g/mol. The first-order chi connectivity index (χ1) is 17.2. The monoisotopic (exact) mass is 491 g/mol. The summed E-state index contributed by atoms with van der Waals surface area (Å²) in [5.41, 5.74) is 2.31. The molecule has 0 saturated carbocycles. The topological polar surface area (TPSA) is 96.9 Å². The fraction of sp³-hybridized carbons (Fsp3) is 0.280. The highest BCUT2D eigenvalue weighted by molar-refractivity contribution is 8.00. The smallest absolute Gasteiger partial charge is 0.256 e. The molecule has 0 bridgehead atoms. The molecule has 1 N–H and O–H groups in total. The van der Waals surface area contributed by atoms with Gasteiger partial charge < -0.3 is 19.7 Å². The molecule has 35 heavy (non-hydrogen) atoms. The highest BCUT2D eigenvalue weighted by atomic mass is 32.2. The third kappa shape index (κ3) is 5.72. The maximum atomic E-state index is 13.2. The van der Waals surface area contributed by atoms with Crippen LogP contribution in [0.3, 0.4) is 0 Å². The van der Waals surface area contributed by atoms with Crippen LogP contribution in [0.5, 0.6) is 11.5 Å². The average Bonchev–Trinajstić information content (AvgIpc) is 3.36. The maximum absolute atomic E-state index is 13.2. The van der Waals surface area contributed by atoms with Crippen LogP contribution in [0.2, 0.25) is 0 Å². The van der Waals surface area contributed by atoms with Crippen LogP contribution in [0.4, 0.5) is 5.69 Å². The molecule has 3 aromatic rings. The molecule has 9 nitrogen and oxygen atoms in total. The molecule has 0 spiro atoms. The lowest BCUT2D eigenvalue weighted by atomic mass is 10.2. The maximum Gasteiger partial charge on any atom is 0.256 e. The Balaban J connectivity index is 1.15. The minimum Gasteiger partial charge on any atom is -0.454 e. The molecular weight excluding hydrogens is 466 g/mol. The van der Waals surface area contributed by atoms with E-state index in [4.69, 9.17) is 9.47 Å². The van der Waals surface area contributed by atoms with Gasteiger partial charge in [0.05, 0.1) is 11.3 Å². The van der Waals surface area contributed by atoms with Gasteiger partial charge in [-0.3, -0.25) is 19.5 Å². The van der Waals surface area contributed by atoms with Crippen LogP contribution in [0, 0.1) is 0 Å². The minimum atomic E-state index is -0.193. The lowest BCUT2D eigenvalue weighted by molar-refractivity contribution is -0.113. The Hall–Kier alpha value is -3.63. The van der Waals surface area contributed by atoms with E-state index in [9.17, 15) is 9.59 Å². The van der Waals surface area contributed by atoms with Gasteiger partial charge in [0, 0.05) is 63.1 Å². The molecule has 1 fully saturated rings. The van der Waals surface area contributed by atoms with Crippen molar-refractivity contribution in [2.45, 2.75) is 11.6 Å². The number of ether oxygens (including phenoxy) is 2. The fourth-order valence-electron chi connectivity index (χ4n) is 4.00. The number of amides is 2. The Kier molecular flexibility index (Phi) is 7.10. The van der Waals surface area contributed by atoms with E-state index in [1.54, 1.807) is 42.7 Å². The van der Waals surface area contributed by atoms with Gasteiger partial charge in [-0.05, 0) is 35.9 Å². The van der Waals surface area contributed by atoms with Crippen molar-refractivity contribution in [3.8, 4) is 11.5 Å². The summed E-state index contributed by atoms with van der Waals surface area (Å²) in [7, 11) is 0. The second kappa shape index (κ2) is 10.7. The third-order valence-corrected chi connectivity index (χ3v) is 6.79. The van der Waals surface area contributed by atoms with Gasteiger partial charge in [0.15, 0.2) is 11.5 Å². The molecule has 0 aliphatic carbocycles. The second-order valence-corrected chi connectivity index (χ2v) is 9.15. The number of pyridine rings is 2. The summed E-state index contributed by atoms with van der Waals surface area (Å²) < 4.78 is 10.6.